The van der Waals surface area contributed by atoms with E-state index in [1.807, 2.05) is 0 Å². The number of nitrogens with one attached hydrogen (secondary N) is 1. The molecule has 0 saturated heterocycles. The molecule has 1 heterocycles. The Bertz CT molecular complexity index is 719. The van der Waals surface area contributed by atoms with E-state index in [0.29, 0.717) is 10.2 Å². The van der Waals surface area contributed by atoms with Crippen LogP contribution < -0.4 is 10.1 Å². The largest absolute Gasteiger partial charge is 0.432 e. The van der Waals surface area contributed by atoms with Crippen molar-refractivity contribution in [3.05, 3.63) is 39.9 Å². The first-order chi connectivity index (χ1) is 10.3. The Kier molecular flexibility index (Phi) is 4.74. The van der Waals surface area contributed by atoms with Crippen LogP contribution in [-0.4, -0.2) is 22.3 Å². The third-order valence-corrected chi connectivity index (χ3v) is 3.72. The average molecular weight is 378 g/mol. The average Bonchev–Trinajstić information content (AvgIpc) is 2.66. The summed E-state index contributed by atoms with van der Waals surface area (Å²) in [7, 11) is 1.56. The topological polar surface area (TPSA) is 56.2 Å². The van der Waals surface area contributed by atoms with Gasteiger partial charge in [0, 0.05) is 13.1 Å². The Morgan fingerprint density at radius 3 is 2.68 bits per heavy atom. The number of aryl methyl sites for hydroxylation is 2. The molecule has 5 nitrogen and oxygen atoms in total. The number of ether oxygens (including phenoxy) is 1. The quantitative estimate of drug-likeness (QED) is 0.887. The lowest BCUT2D eigenvalue weighted by atomic mass is 10.2. The van der Waals surface area contributed by atoms with Crippen LogP contribution in [0.3, 0.4) is 0 Å². The Morgan fingerprint density at radius 2 is 2.14 bits per heavy atom. The Balaban J connectivity index is 2.32. The number of carbonyl (C=O) groups is 1. The monoisotopic (exact) mass is 377 g/mol. The molecule has 0 aliphatic rings. The second-order valence-corrected chi connectivity index (χ2v) is 5.14. The molecule has 0 aliphatic heterocycles. The summed E-state index contributed by atoms with van der Waals surface area (Å²) in [5.74, 6) is -1.81. The molecule has 0 saturated carbocycles. The van der Waals surface area contributed by atoms with E-state index >= 15 is 0 Å². The molecule has 2 rings (SSSR count). The SMILES string of the molecule is Cc1nn(C)c(C(=O)Nc2ccc(F)cc2OC(F)F)c1Br. The summed E-state index contributed by atoms with van der Waals surface area (Å²) in [5, 5.41) is 6.46. The summed E-state index contributed by atoms with van der Waals surface area (Å²) in [6.07, 6.45) is 0. The lowest BCUT2D eigenvalue weighted by Gasteiger charge is -2.12. The first kappa shape index (κ1) is 16.3. The van der Waals surface area contributed by atoms with Gasteiger partial charge in [-0.1, -0.05) is 0 Å². The number of anilines is 1. The van der Waals surface area contributed by atoms with Gasteiger partial charge < -0.3 is 10.1 Å². The Morgan fingerprint density at radius 1 is 1.45 bits per heavy atom. The minimum Gasteiger partial charge on any atom is -0.432 e. The van der Waals surface area contributed by atoms with E-state index in [1.54, 1.807) is 14.0 Å². The summed E-state index contributed by atoms with van der Waals surface area (Å²) in [6.45, 7) is -1.44. The first-order valence-corrected chi connectivity index (χ1v) is 6.83. The normalized spacial score (nSPS) is 10.9. The second-order valence-electron chi connectivity index (χ2n) is 4.34. The molecule has 1 aromatic heterocycles. The zero-order chi connectivity index (χ0) is 16.4. The van der Waals surface area contributed by atoms with E-state index in [9.17, 15) is 18.0 Å². The van der Waals surface area contributed by atoms with Gasteiger partial charge in [-0.25, -0.2) is 4.39 Å². The number of nitrogens with zero attached hydrogens (tertiary/aromatic N) is 2. The van der Waals surface area contributed by atoms with Crippen molar-refractivity contribution in [1.82, 2.24) is 9.78 Å². The van der Waals surface area contributed by atoms with Crippen molar-refractivity contribution in [2.75, 3.05) is 5.32 Å². The smallest absolute Gasteiger partial charge is 0.387 e. The van der Waals surface area contributed by atoms with Crippen molar-refractivity contribution >= 4 is 27.5 Å². The fourth-order valence-electron chi connectivity index (χ4n) is 1.85. The first-order valence-electron chi connectivity index (χ1n) is 6.04. The molecule has 0 bridgehead atoms. The van der Waals surface area contributed by atoms with Gasteiger partial charge >= 0.3 is 6.61 Å². The van der Waals surface area contributed by atoms with Crippen LogP contribution >= 0.6 is 15.9 Å². The maximum Gasteiger partial charge on any atom is 0.387 e. The Hall–Kier alpha value is -2.03. The van der Waals surface area contributed by atoms with Gasteiger partial charge in [0.15, 0.2) is 5.75 Å². The number of hydrogen-bond donors (Lipinski definition) is 1. The minimum atomic E-state index is -3.14. The molecular formula is C13H11BrF3N3O2. The standard InChI is InChI=1S/C13H11BrF3N3O2/c1-6-10(14)11(20(2)19-6)12(21)18-8-4-3-7(15)5-9(8)22-13(16)17/h3-5,13H,1-2H3,(H,18,21). The van der Waals surface area contributed by atoms with E-state index in [4.69, 9.17) is 0 Å². The molecule has 0 aliphatic carbocycles. The molecule has 0 radical (unpaired) electrons. The molecule has 0 atom stereocenters. The molecule has 22 heavy (non-hydrogen) atoms. The number of halogens is 4. The summed E-state index contributed by atoms with van der Waals surface area (Å²) in [6, 6.07) is 2.94. The molecule has 0 fully saturated rings. The number of amides is 1. The predicted molar refractivity (Wildman–Crippen MR) is 76.6 cm³/mol. The molecule has 1 N–H and O–H groups in total. The van der Waals surface area contributed by atoms with Gasteiger partial charge in [0.05, 0.1) is 15.9 Å². The molecule has 2 aromatic rings. The van der Waals surface area contributed by atoms with E-state index in [1.165, 1.54) is 4.68 Å². The van der Waals surface area contributed by atoms with E-state index < -0.39 is 24.1 Å². The number of benzene rings is 1. The lowest BCUT2D eigenvalue weighted by Crippen LogP contribution is -2.18. The number of alkyl halides is 2. The van der Waals surface area contributed by atoms with Gasteiger partial charge in [-0.2, -0.15) is 13.9 Å². The molecule has 1 aromatic carbocycles. The fourth-order valence-corrected chi connectivity index (χ4v) is 2.37. The molecule has 0 unspecified atom stereocenters. The minimum absolute atomic E-state index is 0.0718. The van der Waals surface area contributed by atoms with E-state index in [0.717, 1.165) is 18.2 Å². The van der Waals surface area contributed by atoms with Crippen LogP contribution in [0.2, 0.25) is 0 Å². The predicted octanol–water partition coefficient (Wildman–Crippen LogP) is 3.48. The number of carbonyl (C=O) groups excluding carboxylic acids is 1. The zero-order valence-electron chi connectivity index (χ0n) is 11.5. The van der Waals surface area contributed by atoms with Crippen molar-refractivity contribution in [2.45, 2.75) is 13.5 Å². The molecule has 1 amide bonds. The van der Waals surface area contributed by atoms with Crippen molar-refractivity contribution in [1.29, 1.82) is 0 Å². The van der Waals surface area contributed by atoms with Gasteiger partial charge in [0.2, 0.25) is 0 Å². The van der Waals surface area contributed by atoms with Crippen LogP contribution in [0.4, 0.5) is 18.9 Å². The molecule has 0 spiro atoms. The summed E-state index contributed by atoms with van der Waals surface area (Å²) in [4.78, 5) is 12.3. The van der Waals surface area contributed by atoms with Crippen LogP contribution in [0.25, 0.3) is 0 Å². The zero-order valence-corrected chi connectivity index (χ0v) is 13.1. The van der Waals surface area contributed by atoms with Gasteiger partial charge in [0.25, 0.3) is 5.91 Å². The highest BCUT2D eigenvalue weighted by Gasteiger charge is 2.20. The van der Waals surface area contributed by atoms with Crippen molar-refractivity contribution < 1.29 is 22.7 Å². The highest BCUT2D eigenvalue weighted by molar-refractivity contribution is 9.10. The van der Waals surface area contributed by atoms with E-state index in [2.05, 4.69) is 31.1 Å². The van der Waals surface area contributed by atoms with Crippen LogP contribution in [0.5, 0.6) is 5.75 Å². The van der Waals surface area contributed by atoms with Crippen molar-refractivity contribution in [2.24, 2.45) is 7.05 Å². The van der Waals surface area contributed by atoms with Crippen LogP contribution in [-0.2, 0) is 7.05 Å². The third kappa shape index (κ3) is 3.41. The van der Waals surface area contributed by atoms with Crippen LogP contribution in [0.1, 0.15) is 16.2 Å². The lowest BCUT2D eigenvalue weighted by molar-refractivity contribution is -0.0495. The molecule has 9 heteroatoms. The maximum atomic E-state index is 13.1. The Labute approximate surface area is 132 Å². The van der Waals surface area contributed by atoms with Gasteiger partial charge in [-0.3, -0.25) is 9.48 Å². The third-order valence-electron chi connectivity index (χ3n) is 2.77. The van der Waals surface area contributed by atoms with Crippen LogP contribution in [0, 0.1) is 12.7 Å². The fraction of sp³-hybridized carbons (Fsp3) is 0.231. The molecule has 118 valence electrons. The van der Waals surface area contributed by atoms with Gasteiger partial charge in [0.1, 0.15) is 11.5 Å². The van der Waals surface area contributed by atoms with Crippen molar-refractivity contribution in [3.63, 3.8) is 0 Å². The van der Waals surface area contributed by atoms with Crippen LogP contribution in [0.15, 0.2) is 22.7 Å². The van der Waals surface area contributed by atoms with Gasteiger partial charge in [-0.05, 0) is 35.0 Å². The summed E-state index contributed by atoms with van der Waals surface area (Å²) >= 11 is 3.23. The second kappa shape index (κ2) is 6.39. The molecular weight excluding hydrogens is 367 g/mol. The van der Waals surface area contributed by atoms with E-state index in [-0.39, 0.29) is 11.4 Å². The van der Waals surface area contributed by atoms with Gasteiger partial charge in [-0.15, -0.1) is 0 Å². The number of aromatic nitrogens is 2. The highest BCUT2D eigenvalue weighted by Crippen LogP contribution is 2.28. The number of hydrogen-bond acceptors (Lipinski definition) is 3. The maximum absolute atomic E-state index is 13.1. The number of rotatable bonds is 4. The summed E-state index contributed by atoms with van der Waals surface area (Å²) in [5.41, 5.74) is 0.720. The highest BCUT2D eigenvalue weighted by atomic mass is 79.9. The van der Waals surface area contributed by atoms with Crippen molar-refractivity contribution in [3.8, 4) is 5.75 Å². The summed E-state index contributed by atoms with van der Waals surface area (Å²) < 4.78 is 43.8.